The van der Waals surface area contributed by atoms with Gasteiger partial charge in [0.2, 0.25) is 0 Å². The van der Waals surface area contributed by atoms with E-state index in [1.807, 2.05) is 12.1 Å². The molecule has 1 fully saturated rings. The summed E-state index contributed by atoms with van der Waals surface area (Å²) < 4.78 is 11.4. The monoisotopic (exact) mass is 311 g/mol. The Hall–Kier alpha value is -0.770. The molecule has 0 aliphatic carbocycles. The lowest BCUT2D eigenvalue weighted by Gasteiger charge is -2.23. The van der Waals surface area contributed by atoms with Gasteiger partial charge in [0.25, 0.3) is 0 Å². The largest absolute Gasteiger partial charge is 0.491 e. The number of rotatable bonds is 7. The Morgan fingerprint density at radius 1 is 1.33 bits per heavy atom. The van der Waals surface area contributed by atoms with Crippen LogP contribution in [-0.4, -0.2) is 26.4 Å². The van der Waals surface area contributed by atoms with Crippen LogP contribution in [0.2, 0.25) is 5.02 Å². The minimum absolute atomic E-state index is 0.575. The van der Waals surface area contributed by atoms with Crippen LogP contribution in [0.15, 0.2) is 18.2 Å². The lowest BCUT2D eigenvalue weighted by molar-refractivity contribution is 0.0496. The third-order valence-corrected chi connectivity index (χ3v) is 4.02. The van der Waals surface area contributed by atoms with E-state index in [9.17, 15) is 0 Å². The number of hydrogen-bond acceptors (Lipinski definition) is 3. The number of hydrogen-bond donors (Lipinski definition) is 1. The van der Waals surface area contributed by atoms with Gasteiger partial charge in [-0.2, -0.15) is 0 Å². The van der Waals surface area contributed by atoms with Crippen molar-refractivity contribution in [1.82, 2.24) is 5.32 Å². The van der Waals surface area contributed by atoms with E-state index in [0.717, 1.165) is 57.1 Å². The van der Waals surface area contributed by atoms with Crippen molar-refractivity contribution in [2.45, 2.75) is 33.2 Å². The fourth-order valence-corrected chi connectivity index (χ4v) is 2.71. The van der Waals surface area contributed by atoms with Gasteiger partial charge in [-0.25, -0.2) is 0 Å². The second kappa shape index (κ2) is 8.62. The molecular formula is C17H26ClNO2. The maximum absolute atomic E-state index is 6.31. The van der Waals surface area contributed by atoms with Crippen molar-refractivity contribution in [2.24, 2.45) is 11.8 Å². The molecule has 4 heteroatoms. The third kappa shape index (κ3) is 5.50. The fraction of sp³-hybridized carbons (Fsp3) is 0.647. The van der Waals surface area contributed by atoms with Crippen LogP contribution in [0.25, 0.3) is 0 Å². The Bertz CT molecular complexity index is 431. The van der Waals surface area contributed by atoms with Gasteiger partial charge in [0.1, 0.15) is 5.75 Å². The molecule has 0 aromatic heterocycles. The quantitative estimate of drug-likeness (QED) is 0.828. The average Bonchev–Trinajstić information content (AvgIpc) is 2.47. The van der Waals surface area contributed by atoms with E-state index < -0.39 is 0 Å². The van der Waals surface area contributed by atoms with E-state index in [4.69, 9.17) is 21.1 Å². The summed E-state index contributed by atoms with van der Waals surface area (Å²) in [6, 6.07) is 5.96. The van der Waals surface area contributed by atoms with Crippen molar-refractivity contribution in [3.63, 3.8) is 0 Å². The van der Waals surface area contributed by atoms with Crippen molar-refractivity contribution in [2.75, 3.05) is 26.4 Å². The fourth-order valence-electron chi connectivity index (χ4n) is 2.46. The van der Waals surface area contributed by atoms with Crippen LogP contribution in [0.4, 0.5) is 0 Å². The molecule has 1 aliphatic rings. The first kappa shape index (κ1) is 16.6. The van der Waals surface area contributed by atoms with Crippen LogP contribution in [0, 0.1) is 11.8 Å². The van der Waals surface area contributed by atoms with Crippen molar-refractivity contribution in [3.8, 4) is 5.75 Å². The Kier molecular flexibility index (Phi) is 6.81. The highest BCUT2D eigenvalue weighted by Crippen LogP contribution is 2.30. The van der Waals surface area contributed by atoms with E-state index in [2.05, 4.69) is 25.2 Å². The van der Waals surface area contributed by atoms with E-state index >= 15 is 0 Å². The molecule has 1 saturated heterocycles. The molecule has 1 aromatic rings. The van der Waals surface area contributed by atoms with Gasteiger partial charge in [-0.15, -0.1) is 0 Å². The van der Waals surface area contributed by atoms with Gasteiger partial charge in [-0.1, -0.05) is 37.6 Å². The molecule has 118 valence electrons. The second-order valence-electron chi connectivity index (χ2n) is 6.12. The molecule has 1 N–H and O–H groups in total. The summed E-state index contributed by atoms with van der Waals surface area (Å²) in [6.45, 7) is 8.61. The molecular weight excluding hydrogens is 286 g/mol. The SMILES string of the molecule is CC(C)CNCc1cccc(Cl)c1OCC1CCOCC1. The van der Waals surface area contributed by atoms with Gasteiger partial charge in [-0.05, 0) is 37.3 Å². The topological polar surface area (TPSA) is 30.5 Å². The standard InChI is InChI=1S/C17H26ClNO2/c1-13(2)10-19-11-15-4-3-5-16(18)17(15)21-12-14-6-8-20-9-7-14/h3-5,13-14,19H,6-12H2,1-2H3. The Morgan fingerprint density at radius 2 is 2.10 bits per heavy atom. The predicted octanol–water partition coefficient (Wildman–Crippen LogP) is 3.89. The smallest absolute Gasteiger partial charge is 0.142 e. The van der Waals surface area contributed by atoms with Crippen LogP contribution in [-0.2, 0) is 11.3 Å². The van der Waals surface area contributed by atoms with E-state index in [1.54, 1.807) is 0 Å². The summed E-state index contributed by atoms with van der Waals surface area (Å²) in [7, 11) is 0. The lowest BCUT2D eigenvalue weighted by Crippen LogP contribution is -2.23. The van der Waals surface area contributed by atoms with Crippen molar-refractivity contribution in [1.29, 1.82) is 0 Å². The zero-order valence-electron chi connectivity index (χ0n) is 13.0. The third-order valence-electron chi connectivity index (χ3n) is 3.72. The van der Waals surface area contributed by atoms with Crippen LogP contribution < -0.4 is 10.1 Å². The van der Waals surface area contributed by atoms with Gasteiger partial charge in [0.15, 0.2) is 0 Å². The minimum Gasteiger partial charge on any atom is -0.491 e. The number of ether oxygens (including phenoxy) is 2. The van der Waals surface area contributed by atoms with Crippen LogP contribution in [0.3, 0.4) is 0 Å². The highest BCUT2D eigenvalue weighted by molar-refractivity contribution is 6.32. The number of halogens is 1. The first-order chi connectivity index (χ1) is 10.2. The molecule has 1 heterocycles. The van der Waals surface area contributed by atoms with Gasteiger partial charge in [-0.3, -0.25) is 0 Å². The molecule has 2 rings (SSSR count). The Balaban J connectivity index is 1.92. The second-order valence-corrected chi connectivity index (χ2v) is 6.53. The Morgan fingerprint density at radius 3 is 2.81 bits per heavy atom. The average molecular weight is 312 g/mol. The molecule has 1 aromatic carbocycles. The highest BCUT2D eigenvalue weighted by Gasteiger charge is 2.16. The summed E-state index contributed by atoms with van der Waals surface area (Å²) >= 11 is 6.31. The molecule has 0 spiro atoms. The summed E-state index contributed by atoms with van der Waals surface area (Å²) in [6.07, 6.45) is 2.15. The van der Waals surface area contributed by atoms with E-state index in [-0.39, 0.29) is 0 Å². The van der Waals surface area contributed by atoms with Crippen LogP contribution in [0.1, 0.15) is 32.3 Å². The van der Waals surface area contributed by atoms with Crippen molar-refractivity contribution < 1.29 is 9.47 Å². The first-order valence-electron chi connectivity index (χ1n) is 7.85. The van der Waals surface area contributed by atoms with Gasteiger partial charge in [0.05, 0.1) is 11.6 Å². The van der Waals surface area contributed by atoms with E-state index in [1.165, 1.54) is 0 Å². The molecule has 3 nitrogen and oxygen atoms in total. The van der Waals surface area contributed by atoms with Crippen LogP contribution >= 0.6 is 11.6 Å². The number of benzene rings is 1. The van der Waals surface area contributed by atoms with Gasteiger partial charge in [0, 0.05) is 25.3 Å². The molecule has 0 saturated carbocycles. The van der Waals surface area contributed by atoms with Gasteiger partial charge >= 0.3 is 0 Å². The molecule has 1 aliphatic heterocycles. The zero-order valence-corrected chi connectivity index (χ0v) is 13.8. The molecule has 0 amide bonds. The highest BCUT2D eigenvalue weighted by atomic mass is 35.5. The summed E-state index contributed by atoms with van der Waals surface area (Å²) in [4.78, 5) is 0. The van der Waals surface area contributed by atoms with Crippen LogP contribution in [0.5, 0.6) is 5.75 Å². The number of para-hydroxylation sites is 1. The van der Waals surface area contributed by atoms with Crippen molar-refractivity contribution in [3.05, 3.63) is 28.8 Å². The molecule has 0 unspecified atom stereocenters. The summed E-state index contributed by atoms with van der Waals surface area (Å²) in [5.41, 5.74) is 1.13. The minimum atomic E-state index is 0.575. The molecule has 21 heavy (non-hydrogen) atoms. The molecule has 0 atom stereocenters. The Labute approximate surface area is 133 Å². The summed E-state index contributed by atoms with van der Waals surface area (Å²) in [5.74, 6) is 2.05. The predicted molar refractivity (Wildman–Crippen MR) is 87.0 cm³/mol. The summed E-state index contributed by atoms with van der Waals surface area (Å²) in [5, 5.41) is 4.15. The number of nitrogens with one attached hydrogen (secondary N) is 1. The van der Waals surface area contributed by atoms with Gasteiger partial charge < -0.3 is 14.8 Å². The molecule has 0 bridgehead atoms. The van der Waals surface area contributed by atoms with Crippen molar-refractivity contribution >= 4 is 11.6 Å². The van der Waals surface area contributed by atoms with E-state index in [0.29, 0.717) is 16.9 Å². The molecule has 0 radical (unpaired) electrons. The maximum Gasteiger partial charge on any atom is 0.142 e. The zero-order chi connectivity index (χ0) is 15.1. The first-order valence-corrected chi connectivity index (χ1v) is 8.23. The normalized spacial score (nSPS) is 16.4. The lowest BCUT2D eigenvalue weighted by atomic mass is 10.0. The maximum atomic E-state index is 6.31.